The maximum atomic E-state index is 11.7. The summed E-state index contributed by atoms with van der Waals surface area (Å²) < 4.78 is 11.3. The first kappa shape index (κ1) is 21.2. The normalized spacial score (nSPS) is 16.2. The van der Waals surface area contributed by atoms with Gasteiger partial charge in [-0.1, -0.05) is 97.1 Å². The van der Waals surface area contributed by atoms with Crippen LogP contribution in [0.15, 0.2) is 109 Å². The molecule has 5 rings (SSSR count). The smallest absolute Gasteiger partial charge is 0.337 e. The highest BCUT2D eigenvalue weighted by molar-refractivity contribution is 5.89. The first-order chi connectivity index (χ1) is 16.2. The van der Waals surface area contributed by atoms with Gasteiger partial charge in [-0.15, -0.1) is 0 Å². The Morgan fingerprint density at radius 1 is 0.788 bits per heavy atom. The lowest BCUT2D eigenvalue weighted by Gasteiger charge is -2.32. The predicted octanol–water partition coefficient (Wildman–Crippen LogP) is 6.47. The molecule has 0 N–H and O–H groups in total. The maximum Gasteiger partial charge on any atom is 0.337 e. The van der Waals surface area contributed by atoms with Crippen molar-refractivity contribution in [3.63, 3.8) is 0 Å². The molecule has 0 heterocycles. The molecule has 0 saturated carbocycles. The van der Waals surface area contributed by atoms with E-state index in [1.165, 1.54) is 29.4 Å². The number of ether oxygens (including phenoxy) is 2. The lowest BCUT2D eigenvalue weighted by molar-refractivity contribution is 0.0352. The van der Waals surface area contributed by atoms with E-state index >= 15 is 0 Å². The van der Waals surface area contributed by atoms with Gasteiger partial charge in [-0.25, -0.2) is 4.79 Å². The molecular weight excluding hydrogens is 408 g/mol. The summed E-state index contributed by atoms with van der Waals surface area (Å²) in [6, 6.07) is 37.5. The minimum Gasteiger partial charge on any atom is -0.465 e. The highest BCUT2D eigenvalue weighted by atomic mass is 16.5. The molecule has 0 bridgehead atoms. The van der Waals surface area contributed by atoms with E-state index in [1.54, 1.807) is 12.1 Å². The van der Waals surface area contributed by atoms with Crippen molar-refractivity contribution in [3.8, 4) is 0 Å². The molecule has 1 aliphatic rings. The molecule has 0 radical (unpaired) electrons. The van der Waals surface area contributed by atoms with Gasteiger partial charge in [0, 0.05) is 5.41 Å². The summed E-state index contributed by atoms with van der Waals surface area (Å²) in [7, 11) is 1.39. The van der Waals surface area contributed by atoms with Crippen LogP contribution >= 0.6 is 0 Å². The summed E-state index contributed by atoms with van der Waals surface area (Å²) in [5.74, 6) is -0.331. The second kappa shape index (κ2) is 9.05. The van der Waals surface area contributed by atoms with E-state index in [9.17, 15) is 4.79 Å². The van der Waals surface area contributed by atoms with E-state index in [1.807, 2.05) is 12.1 Å². The lowest BCUT2D eigenvalue weighted by atomic mass is 9.70. The van der Waals surface area contributed by atoms with Gasteiger partial charge in [0.05, 0.1) is 25.4 Å². The Balaban J connectivity index is 1.49. The van der Waals surface area contributed by atoms with Crippen molar-refractivity contribution in [1.82, 2.24) is 0 Å². The zero-order valence-electron chi connectivity index (χ0n) is 18.6. The predicted molar refractivity (Wildman–Crippen MR) is 129 cm³/mol. The summed E-state index contributed by atoms with van der Waals surface area (Å²) in [5.41, 5.74) is 6.38. The van der Waals surface area contributed by atoms with E-state index < -0.39 is 0 Å². The largest absolute Gasteiger partial charge is 0.465 e. The van der Waals surface area contributed by atoms with Crippen LogP contribution in [-0.4, -0.2) is 13.1 Å². The first-order valence-corrected chi connectivity index (χ1v) is 11.2. The number of methoxy groups -OCH3 is 1. The summed E-state index contributed by atoms with van der Waals surface area (Å²) in [6.07, 6.45) is 0.794. The molecule has 0 aliphatic heterocycles. The van der Waals surface area contributed by atoms with Gasteiger partial charge >= 0.3 is 5.97 Å². The van der Waals surface area contributed by atoms with Gasteiger partial charge in [-0.3, -0.25) is 0 Å². The monoisotopic (exact) mass is 434 g/mol. The third-order valence-electron chi connectivity index (χ3n) is 6.62. The Hall–Kier alpha value is -3.69. The number of hydrogen-bond acceptors (Lipinski definition) is 3. The van der Waals surface area contributed by atoms with Gasteiger partial charge in [0.15, 0.2) is 0 Å². The summed E-state index contributed by atoms with van der Waals surface area (Å²) >= 11 is 0. The molecule has 0 amide bonds. The fraction of sp³-hybridized carbons (Fsp3) is 0.167. The maximum absolute atomic E-state index is 11.7. The van der Waals surface area contributed by atoms with Gasteiger partial charge in [0.1, 0.15) is 0 Å². The van der Waals surface area contributed by atoms with Gasteiger partial charge in [-0.2, -0.15) is 0 Å². The molecule has 4 aromatic carbocycles. The third-order valence-corrected chi connectivity index (χ3v) is 6.62. The number of carbonyl (C=O) groups is 1. The highest BCUT2D eigenvalue weighted by Gasteiger charge is 2.46. The third kappa shape index (κ3) is 3.85. The van der Waals surface area contributed by atoms with Crippen molar-refractivity contribution >= 4 is 5.97 Å². The number of carbonyl (C=O) groups excluding carboxylic acids is 1. The molecule has 0 fully saturated rings. The lowest BCUT2D eigenvalue weighted by Crippen LogP contribution is -2.26. The van der Waals surface area contributed by atoms with E-state index in [0.29, 0.717) is 12.2 Å². The minimum absolute atomic E-state index is 0.0399. The Bertz CT molecular complexity index is 1190. The average Bonchev–Trinajstić information content (AvgIpc) is 3.24. The second-order valence-electron chi connectivity index (χ2n) is 8.42. The SMILES string of the molecule is COC(=O)c1ccc(COC2CC(c3ccccc3)(c3ccccc3)c3ccccc32)cc1. The van der Waals surface area contributed by atoms with Crippen LogP contribution in [0.4, 0.5) is 0 Å². The molecule has 164 valence electrons. The fourth-order valence-corrected chi connectivity index (χ4v) is 5.02. The topological polar surface area (TPSA) is 35.5 Å². The van der Waals surface area contributed by atoms with Crippen LogP contribution in [0, 0.1) is 0 Å². The van der Waals surface area contributed by atoms with Crippen LogP contribution in [0.3, 0.4) is 0 Å². The van der Waals surface area contributed by atoms with Crippen molar-refractivity contribution in [2.45, 2.75) is 24.5 Å². The number of esters is 1. The van der Waals surface area contributed by atoms with E-state index in [-0.39, 0.29) is 17.5 Å². The van der Waals surface area contributed by atoms with Gasteiger partial charge in [0.2, 0.25) is 0 Å². The standard InChI is InChI=1S/C30H26O3/c1-32-29(31)23-18-16-22(17-19-23)21-33-28-20-30(24-10-4-2-5-11-24,25-12-6-3-7-13-25)27-15-9-8-14-26(27)28/h2-19,28H,20-21H2,1H3. The van der Waals surface area contributed by atoms with Crippen LogP contribution in [0.25, 0.3) is 0 Å². The number of benzene rings is 4. The summed E-state index contributed by atoms with van der Waals surface area (Å²) in [5, 5.41) is 0. The van der Waals surface area contributed by atoms with Crippen LogP contribution < -0.4 is 0 Å². The Morgan fingerprint density at radius 3 is 1.97 bits per heavy atom. The molecule has 33 heavy (non-hydrogen) atoms. The average molecular weight is 435 g/mol. The van der Waals surface area contributed by atoms with E-state index in [0.717, 1.165) is 12.0 Å². The van der Waals surface area contributed by atoms with Crippen LogP contribution in [0.5, 0.6) is 0 Å². The molecule has 1 atom stereocenters. The van der Waals surface area contributed by atoms with E-state index in [4.69, 9.17) is 9.47 Å². The van der Waals surface area contributed by atoms with Crippen LogP contribution in [0.2, 0.25) is 0 Å². The number of fused-ring (bicyclic) bond motifs is 1. The highest BCUT2D eigenvalue weighted by Crippen LogP contribution is 2.54. The molecule has 0 saturated heterocycles. The molecule has 0 aromatic heterocycles. The molecule has 3 heteroatoms. The van der Waals surface area contributed by atoms with Crippen molar-refractivity contribution in [1.29, 1.82) is 0 Å². The molecular formula is C30H26O3. The van der Waals surface area contributed by atoms with Crippen LogP contribution in [-0.2, 0) is 21.5 Å². The first-order valence-electron chi connectivity index (χ1n) is 11.2. The van der Waals surface area contributed by atoms with Crippen molar-refractivity contribution < 1.29 is 14.3 Å². The molecule has 1 unspecified atom stereocenters. The summed E-state index contributed by atoms with van der Waals surface area (Å²) in [4.78, 5) is 11.7. The second-order valence-corrected chi connectivity index (χ2v) is 8.42. The van der Waals surface area contributed by atoms with Gasteiger partial charge in [0.25, 0.3) is 0 Å². The van der Waals surface area contributed by atoms with Crippen molar-refractivity contribution in [3.05, 3.63) is 143 Å². The zero-order chi connectivity index (χ0) is 22.7. The molecule has 4 aromatic rings. The van der Waals surface area contributed by atoms with Crippen molar-refractivity contribution in [2.75, 3.05) is 7.11 Å². The van der Waals surface area contributed by atoms with Crippen molar-refractivity contribution in [2.24, 2.45) is 0 Å². The summed E-state index contributed by atoms with van der Waals surface area (Å²) in [6.45, 7) is 0.472. The Morgan fingerprint density at radius 2 is 1.36 bits per heavy atom. The Kier molecular flexibility index (Phi) is 5.80. The number of rotatable bonds is 6. The molecule has 1 aliphatic carbocycles. The molecule has 0 spiro atoms. The van der Waals surface area contributed by atoms with E-state index in [2.05, 4.69) is 84.9 Å². The van der Waals surface area contributed by atoms with Crippen LogP contribution in [0.1, 0.15) is 50.7 Å². The number of hydrogen-bond donors (Lipinski definition) is 0. The quantitative estimate of drug-likeness (QED) is 0.326. The molecule has 3 nitrogen and oxygen atoms in total. The van der Waals surface area contributed by atoms with Gasteiger partial charge < -0.3 is 9.47 Å². The zero-order valence-corrected chi connectivity index (χ0v) is 18.6. The minimum atomic E-state index is -0.331. The Labute approximate surface area is 194 Å². The van der Waals surface area contributed by atoms with Gasteiger partial charge in [-0.05, 0) is 46.4 Å². The fourth-order valence-electron chi connectivity index (χ4n) is 5.02.